The molecule has 5 rings (SSSR count). The highest BCUT2D eigenvalue weighted by Gasteiger charge is 2.16. The van der Waals surface area contributed by atoms with Gasteiger partial charge in [-0.05, 0) is 77.7 Å². The molecule has 0 spiro atoms. The lowest BCUT2D eigenvalue weighted by Gasteiger charge is -2.29. The molecule has 180 valence electrons. The number of hydrogen-bond donors (Lipinski definition) is 1. The first-order valence-corrected chi connectivity index (χ1v) is 12.1. The van der Waals surface area contributed by atoms with Gasteiger partial charge < -0.3 is 19.7 Å². The molecule has 3 aromatic carbocycles. The van der Waals surface area contributed by atoms with Crippen molar-refractivity contribution in [1.82, 2.24) is 20.2 Å². The van der Waals surface area contributed by atoms with Crippen molar-refractivity contribution in [2.75, 3.05) is 30.4 Å². The zero-order valence-corrected chi connectivity index (χ0v) is 20.3. The van der Waals surface area contributed by atoms with Gasteiger partial charge in [-0.2, -0.15) is 4.68 Å². The van der Waals surface area contributed by atoms with Crippen LogP contribution in [0.2, 0.25) is 5.02 Å². The highest BCUT2D eigenvalue weighted by Crippen LogP contribution is 2.33. The van der Waals surface area contributed by atoms with Crippen LogP contribution in [-0.2, 0) is 6.54 Å². The Kier molecular flexibility index (Phi) is 6.99. The molecule has 0 aliphatic carbocycles. The van der Waals surface area contributed by atoms with Crippen molar-refractivity contribution >= 4 is 23.0 Å². The molecular formula is C26H27ClN6O2. The van der Waals surface area contributed by atoms with E-state index in [-0.39, 0.29) is 6.01 Å². The van der Waals surface area contributed by atoms with E-state index in [0.29, 0.717) is 18.0 Å². The SMILES string of the molecule is COc1cc(CNc2ccc(N3CCCCC3)c(Cl)c2)ccc1Oc1nnnn1-c1ccccc1. The smallest absolute Gasteiger partial charge is 0.346 e. The van der Waals surface area contributed by atoms with Gasteiger partial charge in [0.1, 0.15) is 0 Å². The van der Waals surface area contributed by atoms with E-state index in [2.05, 4.69) is 37.9 Å². The third kappa shape index (κ3) is 5.33. The van der Waals surface area contributed by atoms with Gasteiger partial charge in [0.2, 0.25) is 0 Å². The van der Waals surface area contributed by atoms with Crippen LogP contribution in [-0.4, -0.2) is 40.4 Å². The van der Waals surface area contributed by atoms with Gasteiger partial charge in [-0.15, -0.1) is 0 Å². The highest BCUT2D eigenvalue weighted by atomic mass is 35.5. The lowest BCUT2D eigenvalue weighted by molar-refractivity contribution is 0.363. The highest BCUT2D eigenvalue weighted by molar-refractivity contribution is 6.33. The summed E-state index contributed by atoms with van der Waals surface area (Å²) in [6.45, 7) is 2.74. The standard InChI is InChI=1S/C26H27ClN6O2/c1-34-25-16-19(18-28-20-11-12-23(22(27)17-20)32-14-6-3-7-15-32)10-13-24(25)35-26-29-30-31-33(26)21-8-4-2-5-9-21/h2,4-5,8-13,16-17,28H,3,6-7,14-15,18H2,1H3. The molecule has 1 fully saturated rings. The van der Waals surface area contributed by atoms with Gasteiger partial charge in [-0.3, -0.25) is 0 Å². The molecule has 0 unspecified atom stereocenters. The fourth-order valence-corrected chi connectivity index (χ4v) is 4.49. The molecular weight excluding hydrogens is 464 g/mol. The Labute approximate surface area is 209 Å². The maximum absolute atomic E-state index is 6.60. The van der Waals surface area contributed by atoms with E-state index in [0.717, 1.165) is 40.7 Å². The number of aromatic nitrogens is 4. The van der Waals surface area contributed by atoms with Crippen molar-refractivity contribution in [3.05, 3.63) is 77.3 Å². The predicted molar refractivity (Wildman–Crippen MR) is 137 cm³/mol. The second kappa shape index (κ2) is 10.7. The molecule has 0 radical (unpaired) electrons. The first kappa shape index (κ1) is 23.0. The number of tetrazole rings is 1. The van der Waals surface area contributed by atoms with Crippen LogP contribution in [0.15, 0.2) is 66.7 Å². The van der Waals surface area contributed by atoms with Gasteiger partial charge in [0.15, 0.2) is 11.5 Å². The van der Waals surface area contributed by atoms with Crippen LogP contribution in [0.5, 0.6) is 17.5 Å². The van der Waals surface area contributed by atoms with Crippen LogP contribution >= 0.6 is 11.6 Å². The fraction of sp³-hybridized carbons (Fsp3) is 0.269. The lowest BCUT2D eigenvalue weighted by atomic mass is 10.1. The summed E-state index contributed by atoms with van der Waals surface area (Å²) >= 11 is 6.60. The summed E-state index contributed by atoms with van der Waals surface area (Å²) in [5.41, 5.74) is 3.92. The number of rotatable bonds is 8. The van der Waals surface area contributed by atoms with E-state index in [9.17, 15) is 0 Å². The number of ether oxygens (including phenoxy) is 2. The van der Waals surface area contributed by atoms with Crippen molar-refractivity contribution in [1.29, 1.82) is 0 Å². The largest absolute Gasteiger partial charge is 0.493 e. The molecule has 1 aromatic heterocycles. The quantitative estimate of drug-likeness (QED) is 0.338. The molecule has 1 N–H and O–H groups in total. The number of benzene rings is 3. The Morgan fingerprint density at radius 1 is 0.943 bits per heavy atom. The molecule has 0 amide bonds. The van der Waals surface area contributed by atoms with Crippen molar-refractivity contribution in [2.45, 2.75) is 25.8 Å². The second-order valence-electron chi connectivity index (χ2n) is 8.36. The number of nitrogens with zero attached hydrogens (tertiary/aromatic N) is 5. The molecule has 1 saturated heterocycles. The summed E-state index contributed by atoms with van der Waals surface area (Å²) in [4.78, 5) is 2.37. The molecule has 1 aliphatic rings. The summed E-state index contributed by atoms with van der Waals surface area (Å²) in [6, 6.07) is 21.8. The van der Waals surface area contributed by atoms with E-state index in [4.69, 9.17) is 21.1 Å². The molecule has 35 heavy (non-hydrogen) atoms. The second-order valence-corrected chi connectivity index (χ2v) is 8.77. The Hall–Kier alpha value is -3.78. The van der Waals surface area contributed by atoms with Crippen LogP contribution in [0.4, 0.5) is 11.4 Å². The van der Waals surface area contributed by atoms with Crippen LogP contribution in [0, 0.1) is 0 Å². The Morgan fingerprint density at radius 3 is 2.54 bits per heavy atom. The number of methoxy groups -OCH3 is 1. The number of halogens is 1. The number of nitrogens with one attached hydrogen (secondary N) is 1. The first-order chi connectivity index (χ1) is 17.2. The zero-order valence-electron chi connectivity index (χ0n) is 19.5. The van der Waals surface area contributed by atoms with Crippen LogP contribution in [0.25, 0.3) is 5.69 Å². The number of piperidine rings is 1. The maximum atomic E-state index is 6.60. The van der Waals surface area contributed by atoms with Crippen molar-refractivity contribution in [3.8, 4) is 23.2 Å². The fourth-order valence-electron chi connectivity index (χ4n) is 4.19. The average Bonchev–Trinajstić information content (AvgIpc) is 3.37. The third-order valence-electron chi connectivity index (χ3n) is 6.01. The topological polar surface area (TPSA) is 77.3 Å². The molecule has 4 aromatic rings. The maximum Gasteiger partial charge on any atom is 0.346 e. The molecule has 2 heterocycles. The first-order valence-electron chi connectivity index (χ1n) is 11.7. The van der Waals surface area contributed by atoms with Gasteiger partial charge in [0, 0.05) is 25.3 Å². The Morgan fingerprint density at radius 2 is 1.77 bits per heavy atom. The van der Waals surface area contributed by atoms with Crippen LogP contribution < -0.4 is 19.7 Å². The van der Waals surface area contributed by atoms with E-state index in [1.54, 1.807) is 7.11 Å². The average molecular weight is 491 g/mol. The molecule has 8 nitrogen and oxygen atoms in total. The Bertz CT molecular complexity index is 1270. The van der Waals surface area contributed by atoms with E-state index < -0.39 is 0 Å². The van der Waals surface area contributed by atoms with E-state index >= 15 is 0 Å². The van der Waals surface area contributed by atoms with E-state index in [1.165, 1.54) is 23.9 Å². The minimum atomic E-state index is 0.254. The van der Waals surface area contributed by atoms with E-state index in [1.807, 2.05) is 54.6 Å². The number of hydrogen-bond acceptors (Lipinski definition) is 7. The monoisotopic (exact) mass is 490 g/mol. The molecule has 0 bridgehead atoms. The van der Waals surface area contributed by atoms with Crippen molar-refractivity contribution in [2.24, 2.45) is 0 Å². The molecule has 9 heteroatoms. The zero-order chi connectivity index (χ0) is 24.0. The normalized spacial score (nSPS) is 13.5. The number of para-hydroxylation sites is 1. The van der Waals surface area contributed by atoms with Crippen LogP contribution in [0.3, 0.4) is 0 Å². The lowest BCUT2D eigenvalue weighted by Crippen LogP contribution is -2.29. The minimum absolute atomic E-state index is 0.254. The van der Waals surface area contributed by atoms with Gasteiger partial charge in [-0.25, -0.2) is 0 Å². The summed E-state index contributed by atoms with van der Waals surface area (Å²) in [6.07, 6.45) is 3.74. The predicted octanol–water partition coefficient (Wildman–Crippen LogP) is 5.72. The van der Waals surface area contributed by atoms with Gasteiger partial charge >= 0.3 is 6.01 Å². The molecule has 1 aliphatic heterocycles. The summed E-state index contributed by atoms with van der Waals surface area (Å²) < 4.78 is 13.1. The summed E-state index contributed by atoms with van der Waals surface area (Å²) in [5.74, 6) is 1.11. The molecule has 0 atom stereocenters. The van der Waals surface area contributed by atoms with Crippen molar-refractivity contribution < 1.29 is 9.47 Å². The van der Waals surface area contributed by atoms with Gasteiger partial charge in [-0.1, -0.05) is 41.0 Å². The van der Waals surface area contributed by atoms with Gasteiger partial charge in [0.25, 0.3) is 0 Å². The Balaban J connectivity index is 1.26. The van der Waals surface area contributed by atoms with Crippen molar-refractivity contribution in [3.63, 3.8) is 0 Å². The minimum Gasteiger partial charge on any atom is -0.493 e. The number of anilines is 2. The van der Waals surface area contributed by atoms with Gasteiger partial charge in [0.05, 0.1) is 23.5 Å². The third-order valence-corrected chi connectivity index (χ3v) is 6.31. The summed E-state index contributed by atoms with van der Waals surface area (Å²) in [7, 11) is 1.61. The summed E-state index contributed by atoms with van der Waals surface area (Å²) in [5, 5.41) is 16.0. The molecule has 0 saturated carbocycles. The van der Waals surface area contributed by atoms with Crippen LogP contribution in [0.1, 0.15) is 24.8 Å².